The van der Waals surface area contributed by atoms with Crippen molar-refractivity contribution in [2.75, 3.05) is 13.2 Å². The number of hydrogen-bond acceptors (Lipinski definition) is 3. The molecule has 0 bridgehead atoms. The largest absolute Gasteiger partial charge is 0.483 e. The topological polar surface area (TPSA) is 58.6 Å². The fraction of sp³-hybridized carbons (Fsp3) is 0.500. The zero-order valence-corrected chi connectivity index (χ0v) is 21.3. The van der Waals surface area contributed by atoms with E-state index in [1.165, 1.54) is 0 Å². The monoisotopic (exact) mass is 452 g/mol. The molecule has 0 spiro atoms. The van der Waals surface area contributed by atoms with Crippen LogP contribution >= 0.6 is 0 Å². The lowest BCUT2D eigenvalue weighted by Crippen LogP contribution is -2.55. The van der Waals surface area contributed by atoms with E-state index in [2.05, 4.69) is 26.1 Å². The summed E-state index contributed by atoms with van der Waals surface area (Å²) in [6.07, 6.45) is 1.20. The highest BCUT2D eigenvalue weighted by Gasteiger charge is 2.31. The van der Waals surface area contributed by atoms with Gasteiger partial charge in [0.1, 0.15) is 11.8 Å². The maximum atomic E-state index is 13.4. The van der Waals surface area contributed by atoms with Crippen molar-refractivity contribution in [1.29, 1.82) is 0 Å². The van der Waals surface area contributed by atoms with Crippen molar-refractivity contribution in [2.45, 2.75) is 78.3 Å². The van der Waals surface area contributed by atoms with Crippen molar-refractivity contribution in [2.24, 2.45) is 0 Å². The van der Waals surface area contributed by atoms with Crippen LogP contribution in [0.1, 0.15) is 66.0 Å². The van der Waals surface area contributed by atoms with Crippen LogP contribution in [0.4, 0.5) is 0 Å². The number of carbonyl (C=O) groups excluding carboxylic acids is 2. The SMILES string of the molecule is CC[C@@H](C(=O)NC(C)(C)C)N(CCc1ccccc1)C(=O)COc1ccccc1C(C)(C)C. The standard InChI is InChI=1S/C28H40N2O3/c1-8-23(26(32)29-28(5,6)7)30(19-18-21-14-10-9-11-15-21)25(31)20-33-24-17-13-12-16-22(24)27(2,3)4/h9-17,23H,8,18-20H2,1-7H3,(H,29,32)/t23-/m0/s1. The van der Waals surface area contributed by atoms with Gasteiger partial charge in [0.05, 0.1) is 0 Å². The van der Waals surface area contributed by atoms with Gasteiger partial charge in [0.25, 0.3) is 5.91 Å². The van der Waals surface area contributed by atoms with Gasteiger partial charge in [-0.15, -0.1) is 0 Å². The van der Waals surface area contributed by atoms with Gasteiger partial charge >= 0.3 is 0 Å². The van der Waals surface area contributed by atoms with E-state index < -0.39 is 6.04 Å². The molecule has 0 saturated heterocycles. The molecule has 0 aliphatic carbocycles. The number of nitrogens with one attached hydrogen (secondary N) is 1. The maximum Gasteiger partial charge on any atom is 0.261 e. The normalized spacial score (nSPS) is 12.7. The van der Waals surface area contributed by atoms with E-state index in [-0.39, 0.29) is 29.4 Å². The molecule has 0 aliphatic rings. The lowest BCUT2D eigenvalue weighted by atomic mass is 9.86. The zero-order valence-electron chi connectivity index (χ0n) is 21.3. The van der Waals surface area contributed by atoms with Gasteiger partial charge in [0.15, 0.2) is 6.61 Å². The lowest BCUT2D eigenvalue weighted by Gasteiger charge is -2.33. The van der Waals surface area contributed by atoms with Crippen LogP contribution in [0.5, 0.6) is 5.75 Å². The Bertz CT molecular complexity index is 911. The van der Waals surface area contributed by atoms with E-state index in [0.717, 1.165) is 11.1 Å². The van der Waals surface area contributed by atoms with Crippen LogP contribution in [0.2, 0.25) is 0 Å². The minimum atomic E-state index is -0.554. The highest BCUT2D eigenvalue weighted by atomic mass is 16.5. The molecule has 0 unspecified atom stereocenters. The number of nitrogens with zero attached hydrogens (tertiary/aromatic N) is 1. The minimum absolute atomic E-state index is 0.106. The molecule has 0 heterocycles. The molecule has 5 nitrogen and oxygen atoms in total. The molecule has 0 saturated carbocycles. The average molecular weight is 453 g/mol. The van der Waals surface area contributed by atoms with E-state index in [9.17, 15) is 9.59 Å². The first-order chi connectivity index (χ1) is 15.4. The van der Waals surface area contributed by atoms with E-state index in [1.807, 2.05) is 82.3 Å². The quantitative estimate of drug-likeness (QED) is 0.574. The van der Waals surface area contributed by atoms with Crippen LogP contribution in [0.25, 0.3) is 0 Å². The number of carbonyl (C=O) groups is 2. The Morgan fingerprint density at radius 2 is 1.55 bits per heavy atom. The Labute approximate surface area is 199 Å². The molecule has 180 valence electrons. The molecule has 1 N–H and O–H groups in total. The van der Waals surface area contributed by atoms with Crippen molar-refractivity contribution in [3.05, 3.63) is 65.7 Å². The zero-order chi connectivity index (χ0) is 24.6. The Morgan fingerprint density at radius 1 is 0.939 bits per heavy atom. The Balaban J connectivity index is 2.22. The van der Waals surface area contributed by atoms with Crippen molar-refractivity contribution in [1.82, 2.24) is 10.2 Å². The van der Waals surface area contributed by atoms with Crippen molar-refractivity contribution in [3.63, 3.8) is 0 Å². The third kappa shape index (κ3) is 8.23. The van der Waals surface area contributed by atoms with E-state index >= 15 is 0 Å². The third-order valence-electron chi connectivity index (χ3n) is 5.41. The molecule has 0 radical (unpaired) electrons. The minimum Gasteiger partial charge on any atom is -0.483 e. The number of ether oxygens (including phenoxy) is 1. The van der Waals surface area contributed by atoms with Gasteiger partial charge in [0.2, 0.25) is 5.91 Å². The smallest absolute Gasteiger partial charge is 0.261 e. The molecule has 2 rings (SSSR count). The summed E-state index contributed by atoms with van der Waals surface area (Å²) in [7, 11) is 0. The number of hydrogen-bond donors (Lipinski definition) is 1. The highest BCUT2D eigenvalue weighted by molar-refractivity contribution is 5.88. The molecule has 2 aromatic rings. The Hall–Kier alpha value is -2.82. The lowest BCUT2D eigenvalue weighted by molar-refractivity contribution is -0.142. The molecule has 0 fully saturated rings. The van der Waals surface area contributed by atoms with Crippen LogP contribution in [-0.4, -0.2) is 41.4 Å². The summed E-state index contributed by atoms with van der Waals surface area (Å²) in [5, 5.41) is 3.03. The fourth-order valence-electron chi connectivity index (χ4n) is 3.78. The second kappa shape index (κ2) is 11.4. The second-order valence-electron chi connectivity index (χ2n) is 10.5. The third-order valence-corrected chi connectivity index (χ3v) is 5.41. The summed E-state index contributed by atoms with van der Waals surface area (Å²) in [4.78, 5) is 28.1. The molecule has 1 atom stereocenters. The predicted molar refractivity (Wildman–Crippen MR) is 134 cm³/mol. The summed E-state index contributed by atoms with van der Waals surface area (Å²) >= 11 is 0. The van der Waals surface area contributed by atoms with Crippen LogP contribution in [0.3, 0.4) is 0 Å². The number of benzene rings is 2. The Kier molecular flexibility index (Phi) is 9.09. The van der Waals surface area contributed by atoms with Gasteiger partial charge in [-0.3, -0.25) is 9.59 Å². The first-order valence-electron chi connectivity index (χ1n) is 11.8. The van der Waals surface area contributed by atoms with Crippen LogP contribution < -0.4 is 10.1 Å². The average Bonchev–Trinajstić information content (AvgIpc) is 2.74. The summed E-state index contributed by atoms with van der Waals surface area (Å²) in [5.41, 5.74) is 1.69. The summed E-state index contributed by atoms with van der Waals surface area (Å²) in [5.74, 6) is 0.376. The first-order valence-corrected chi connectivity index (χ1v) is 11.8. The van der Waals surface area contributed by atoms with Gasteiger partial charge in [-0.05, 0) is 56.2 Å². The molecule has 33 heavy (non-hydrogen) atoms. The molecule has 5 heteroatoms. The molecule has 2 aromatic carbocycles. The molecule has 0 aliphatic heterocycles. The first kappa shape index (κ1) is 26.4. The summed E-state index contributed by atoms with van der Waals surface area (Å²) in [6.45, 7) is 14.5. The fourth-order valence-corrected chi connectivity index (χ4v) is 3.78. The van der Waals surface area contributed by atoms with Crippen LogP contribution in [0.15, 0.2) is 54.6 Å². The van der Waals surface area contributed by atoms with Crippen molar-refractivity contribution >= 4 is 11.8 Å². The van der Waals surface area contributed by atoms with E-state index in [1.54, 1.807) is 4.90 Å². The maximum absolute atomic E-state index is 13.4. The van der Waals surface area contributed by atoms with Gasteiger partial charge in [-0.1, -0.05) is 76.2 Å². The number of rotatable bonds is 9. The summed E-state index contributed by atoms with van der Waals surface area (Å²) in [6, 6.07) is 17.3. The van der Waals surface area contributed by atoms with Gasteiger partial charge in [0, 0.05) is 12.1 Å². The highest BCUT2D eigenvalue weighted by Crippen LogP contribution is 2.31. The number of amides is 2. The molecular weight excluding hydrogens is 412 g/mol. The van der Waals surface area contributed by atoms with E-state index in [0.29, 0.717) is 25.1 Å². The Morgan fingerprint density at radius 3 is 2.12 bits per heavy atom. The predicted octanol–water partition coefficient (Wildman–Crippen LogP) is 5.13. The van der Waals surface area contributed by atoms with Gasteiger partial charge in [-0.2, -0.15) is 0 Å². The van der Waals surface area contributed by atoms with Crippen molar-refractivity contribution in [3.8, 4) is 5.75 Å². The van der Waals surface area contributed by atoms with Crippen LogP contribution in [0, 0.1) is 0 Å². The van der Waals surface area contributed by atoms with Crippen LogP contribution in [-0.2, 0) is 21.4 Å². The molecule has 0 aromatic heterocycles. The molecular formula is C28H40N2O3. The second-order valence-corrected chi connectivity index (χ2v) is 10.5. The molecule has 2 amide bonds. The van der Waals surface area contributed by atoms with Gasteiger partial charge < -0.3 is 15.0 Å². The van der Waals surface area contributed by atoms with Gasteiger partial charge in [-0.25, -0.2) is 0 Å². The number of para-hydroxylation sites is 1. The summed E-state index contributed by atoms with van der Waals surface area (Å²) < 4.78 is 6.01. The van der Waals surface area contributed by atoms with Crippen molar-refractivity contribution < 1.29 is 14.3 Å². The van der Waals surface area contributed by atoms with E-state index in [4.69, 9.17) is 4.74 Å².